The summed E-state index contributed by atoms with van der Waals surface area (Å²) in [6.45, 7) is 4.32. The average molecular weight is 703 g/mol. The van der Waals surface area contributed by atoms with Crippen LogP contribution >= 0.6 is 0 Å². The van der Waals surface area contributed by atoms with Gasteiger partial charge in [-0.25, -0.2) is 0 Å². The quantitative estimate of drug-likeness (QED) is 0.222. The van der Waals surface area contributed by atoms with Crippen LogP contribution in [-0.2, 0) is 26.2 Å². The molecule has 4 aromatic carbocycles. The van der Waals surface area contributed by atoms with Crippen LogP contribution in [0.3, 0.4) is 0 Å². The minimum Gasteiger partial charge on any atom is -1.00 e. The van der Waals surface area contributed by atoms with Crippen molar-refractivity contribution >= 4 is 29.7 Å². The van der Waals surface area contributed by atoms with Crippen LogP contribution in [0.2, 0.25) is 0 Å². The third-order valence-electron chi connectivity index (χ3n) is 6.57. The van der Waals surface area contributed by atoms with E-state index in [2.05, 4.69) is 147 Å². The molecule has 2 aliphatic carbocycles. The molecule has 206 valence electrons. The Labute approximate surface area is 285 Å². The van der Waals surface area contributed by atoms with Gasteiger partial charge in [0.15, 0.2) is 0 Å². The first-order valence-corrected chi connectivity index (χ1v) is 12.0. The van der Waals surface area contributed by atoms with Crippen LogP contribution < -0.4 is 24.8 Å². The number of fused-ring (bicyclic) bond motifs is 2. The molecule has 4 heteroatoms. The molecule has 0 fully saturated rings. The summed E-state index contributed by atoms with van der Waals surface area (Å²) in [6, 6.07) is 30.5. The number of benzene rings is 2. The summed E-state index contributed by atoms with van der Waals surface area (Å²) in [5.74, 6) is 0.768. The zero-order valence-corrected chi connectivity index (χ0v) is 29.7. The Hall–Kier alpha value is -1.89. The Morgan fingerprint density at radius 2 is 0.900 bits per heavy atom. The second-order valence-electron chi connectivity index (χ2n) is 9.15. The molecule has 4 aromatic rings. The van der Waals surface area contributed by atoms with Crippen LogP contribution in [0.25, 0.3) is 12.2 Å². The Morgan fingerprint density at radius 1 is 0.550 bits per heavy atom. The van der Waals surface area contributed by atoms with E-state index in [0.29, 0.717) is 11.8 Å². The van der Waals surface area contributed by atoms with E-state index in [1.165, 1.54) is 44.5 Å². The Kier molecular flexibility index (Phi) is 19.4. The zero-order valence-electron chi connectivity index (χ0n) is 23.6. The molecule has 4 radical (unpaired) electrons. The second kappa shape index (κ2) is 19.3. The van der Waals surface area contributed by atoms with Gasteiger partial charge in [0.2, 0.25) is 0 Å². The maximum Gasteiger partial charge on any atom is 2.00 e. The molecular weight excluding hydrogens is 667 g/mol. The van der Waals surface area contributed by atoms with Crippen molar-refractivity contribution in [3.05, 3.63) is 181 Å². The van der Waals surface area contributed by atoms with Crippen LogP contribution in [0.5, 0.6) is 0 Å². The standard InChI is InChI=1S/2C17H15.2CH3.2ClH.Ge.Zr/c2*1-13-11-15-9-5-6-10-16(17(15)12-13)14-7-3-2-4-8-14;;;;;;/h2*2-12,16H,1H3;2*1H3;2*1H;;/q4*-1;;;;+2/p-2. The summed E-state index contributed by atoms with van der Waals surface area (Å²) in [5.41, 5.74) is 10.9. The van der Waals surface area contributed by atoms with E-state index in [1.807, 2.05) is 0 Å². The molecule has 0 nitrogen and oxygen atoms in total. The Bertz CT molecular complexity index is 1270. The molecule has 0 spiro atoms. The number of allylic oxidation sites excluding steroid dienone is 6. The number of aryl methyl sites for hydroxylation is 2. The van der Waals surface area contributed by atoms with Crippen LogP contribution in [0.1, 0.15) is 56.3 Å². The molecule has 0 heterocycles. The van der Waals surface area contributed by atoms with E-state index < -0.39 is 0 Å². The summed E-state index contributed by atoms with van der Waals surface area (Å²) in [5, 5.41) is 0. The minimum absolute atomic E-state index is 0. The number of hydrogen-bond acceptors (Lipinski definition) is 0. The Morgan fingerprint density at radius 3 is 1.25 bits per heavy atom. The summed E-state index contributed by atoms with van der Waals surface area (Å²) in [4.78, 5) is 0. The molecule has 0 aliphatic heterocycles. The van der Waals surface area contributed by atoms with Crippen molar-refractivity contribution in [3.8, 4) is 0 Å². The maximum absolute atomic E-state index is 2.30. The van der Waals surface area contributed by atoms with E-state index in [9.17, 15) is 0 Å². The summed E-state index contributed by atoms with van der Waals surface area (Å²) < 4.78 is 0. The molecule has 0 amide bonds. The topological polar surface area (TPSA) is 0 Å². The molecule has 0 N–H and O–H groups in total. The van der Waals surface area contributed by atoms with E-state index in [1.54, 1.807) is 0 Å². The van der Waals surface area contributed by atoms with Gasteiger partial charge < -0.3 is 39.7 Å². The fourth-order valence-electron chi connectivity index (χ4n) is 5.00. The molecular formula is C36H36Cl2GeZr-4. The third-order valence-corrected chi connectivity index (χ3v) is 6.57. The molecule has 2 aliphatic rings. The van der Waals surface area contributed by atoms with E-state index >= 15 is 0 Å². The minimum atomic E-state index is 0. The van der Waals surface area contributed by atoms with Gasteiger partial charge in [0.25, 0.3) is 0 Å². The molecule has 0 saturated carbocycles. The largest absolute Gasteiger partial charge is 2.00 e. The number of hydrogen-bond donors (Lipinski definition) is 0. The molecule has 6 rings (SSSR count). The van der Waals surface area contributed by atoms with Crippen molar-refractivity contribution in [1.29, 1.82) is 0 Å². The first-order chi connectivity index (χ1) is 16.7. The van der Waals surface area contributed by atoms with Crippen LogP contribution in [0.4, 0.5) is 0 Å². The molecule has 40 heavy (non-hydrogen) atoms. The Balaban J connectivity index is 0. The van der Waals surface area contributed by atoms with Gasteiger partial charge in [0.1, 0.15) is 0 Å². The van der Waals surface area contributed by atoms with Gasteiger partial charge in [-0.1, -0.05) is 98.8 Å². The molecule has 2 unspecified atom stereocenters. The predicted molar refractivity (Wildman–Crippen MR) is 165 cm³/mol. The third kappa shape index (κ3) is 9.59. The van der Waals surface area contributed by atoms with E-state index in [4.69, 9.17) is 0 Å². The SMILES string of the molecule is Cc1cc2c([cH-]1)C=CC=CC2c1ccccc1.Cc1cc2c([cH-]1)C=CC=CC2c1ccccc1.[CH3-].[CH3-].[Cl-].[Cl-].[Ge].[Zr+2]. The number of halogens is 2. The van der Waals surface area contributed by atoms with Crippen LogP contribution in [-0.4, -0.2) is 17.6 Å². The van der Waals surface area contributed by atoms with Gasteiger partial charge in [-0.2, -0.15) is 34.4 Å². The van der Waals surface area contributed by atoms with Crippen LogP contribution in [0, 0.1) is 28.7 Å². The monoisotopic (exact) mass is 702 g/mol. The van der Waals surface area contributed by atoms with Gasteiger partial charge >= 0.3 is 26.2 Å². The van der Waals surface area contributed by atoms with Gasteiger partial charge in [0.05, 0.1) is 0 Å². The molecule has 0 bridgehead atoms. The summed E-state index contributed by atoms with van der Waals surface area (Å²) in [7, 11) is 0. The van der Waals surface area contributed by atoms with Gasteiger partial charge in [-0.15, -0.1) is 47.6 Å². The van der Waals surface area contributed by atoms with Crippen molar-refractivity contribution in [2.75, 3.05) is 0 Å². The van der Waals surface area contributed by atoms with Gasteiger partial charge in [-0.3, -0.25) is 0 Å². The van der Waals surface area contributed by atoms with E-state index in [0.717, 1.165) is 0 Å². The van der Waals surface area contributed by atoms with Gasteiger partial charge in [0, 0.05) is 17.6 Å². The van der Waals surface area contributed by atoms with E-state index in [-0.39, 0.29) is 83.5 Å². The maximum atomic E-state index is 2.30. The van der Waals surface area contributed by atoms with Crippen molar-refractivity contribution in [2.24, 2.45) is 0 Å². The zero-order chi connectivity index (χ0) is 23.3. The summed E-state index contributed by atoms with van der Waals surface area (Å²) >= 11 is 0. The fourth-order valence-corrected chi connectivity index (χ4v) is 5.00. The van der Waals surface area contributed by atoms with Crippen molar-refractivity contribution < 1.29 is 51.0 Å². The normalized spacial score (nSPS) is 15.2. The smallest absolute Gasteiger partial charge is 1.00 e. The van der Waals surface area contributed by atoms with Crippen LogP contribution in [0.15, 0.2) is 121 Å². The summed E-state index contributed by atoms with van der Waals surface area (Å²) in [6.07, 6.45) is 17.5. The molecule has 0 aromatic heterocycles. The van der Waals surface area contributed by atoms with Crippen molar-refractivity contribution in [1.82, 2.24) is 0 Å². The molecule has 2 atom stereocenters. The van der Waals surface area contributed by atoms with Crippen molar-refractivity contribution in [2.45, 2.75) is 25.7 Å². The van der Waals surface area contributed by atoms with Crippen molar-refractivity contribution in [3.63, 3.8) is 0 Å². The number of rotatable bonds is 2. The average Bonchev–Trinajstić information content (AvgIpc) is 3.27. The first-order valence-electron chi connectivity index (χ1n) is 12.0. The second-order valence-corrected chi connectivity index (χ2v) is 9.15. The predicted octanol–water partition coefficient (Wildman–Crippen LogP) is 3.38. The molecule has 0 saturated heterocycles. The first kappa shape index (κ1) is 40.2. The fraction of sp³-hybridized carbons (Fsp3) is 0.111. The van der Waals surface area contributed by atoms with Gasteiger partial charge in [-0.05, 0) is 23.0 Å².